The average molecular weight is 550 g/mol. The zero-order valence-corrected chi connectivity index (χ0v) is 23.6. The van der Waals surface area contributed by atoms with E-state index in [-0.39, 0.29) is 29.7 Å². The Morgan fingerprint density at radius 3 is 2.45 bits per heavy atom. The molecule has 9 nitrogen and oxygen atoms in total. The predicted molar refractivity (Wildman–Crippen MR) is 154 cm³/mol. The summed E-state index contributed by atoms with van der Waals surface area (Å²) in [6.07, 6.45) is 4.13. The van der Waals surface area contributed by atoms with Crippen molar-refractivity contribution in [2.45, 2.75) is 76.2 Å². The maximum atomic E-state index is 14.0. The molecule has 2 heterocycles. The summed E-state index contributed by atoms with van der Waals surface area (Å²) in [6, 6.07) is 15.9. The van der Waals surface area contributed by atoms with Crippen LogP contribution in [0.3, 0.4) is 0 Å². The molecular formula is C31H43N5O4. The van der Waals surface area contributed by atoms with Crippen molar-refractivity contribution >= 4 is 17.7 Å². The standard InChI is InChI=1S/C31H43N5O4/c1-3-26(32)29(37)35-28-23(20-33-19-22-7-5-4-6-8-22)11-12-24-13-16-27(36(24)31(28)39)30(38)34-18-17-21-9-14-25(40-2)15-10-21/h4-10,14-15,23-24,26-28,33H,3,11-13,16-20,32H2,1-2H3,(H,34,38)(H,35,37)/t23-,24+,26+,27+,28+/m1/s1. The highest BCUT2D eigenvalue weighted by Gasteiger charge is 2.47. The van der Waals surface area contributed by atoms with Gasteiger partial charge in [-0.25, -0.2) is 0 Å². The number of nitrogens with one attached hydrogen (secondary N) is 3. The minimum atomic E-state index is -0.730. The summed E-state index contributed by atoms with van der Waals surface area (Å²) in [5.41, 5.74) is 8.27. The molecule has 2 aromatic rings. The van der Waals surface area contributed by atoms with E-state index in [2.05, 4.69) is 28.1 Å². The topological polar surface area (TPSA) is 126 Å². The van der Waals surface area contributed by atoms with E-state index in [0.717, 1.165) is 36.1 Å². The summed E-state index contributed by atoms with van der Waals surface area (Å²) in [4.78, 5) is 41.9. The summed E-state index contributed by atoms with van der Waals surface area (Å²) in [5, 5.41) is 9.48. The number of carbonyl (C=O) groups excluding carboxylic acids is 3. The number of fused-ring (bicyclic) bond motifs is 1. The lowest BCUT2D eigenvalue weighted by Crippen LogP contribution is -2.58. The molecule has 0 aliphatic carbocycles. The Hall–Kier alpha value is -3.43. The van der Waals surface area contributed by atoms with E-state index in [4.69, 9.17) is 10.5 Å². The monoisotopic (exact) mass is 549 g/mol. The summed E-state index contributed by atoms with van der Waals surface area (Å²) in [7, 11) is 1.63. The van der Waals surface area contributed by atoms with Crippen molar-refractivity contribution in [3.8, 4) is 5.75 Å². The molecule has 3 amide bonds. The fourth-order valence-corrected chi connectivity index (χ4v) is 5.78. The van der Waals surface area contributed by atoms with Gasteiger partial charge in [0.05, 0.1) is 13.2 Å². The molecule has 0 bridgehead atoms. The van der Waals surface area contributed by atoms with Gasteiger partial charge in [0.15, 0.2) is 0 Å². The molecule has 9 heteroatoms. The highest BCUT2D eigenvalue weighted by Crippen LogP contribution is 2.34. The predicted octanol–water partition coefficient (Wildman–Crippen LogP) is 2.14. The van der Waals surface area contributed by atoms with Crippen molar-refractivity contribution in [2.24, 2.45) is 11.7 Å². The van der Waals surface area contributed by atoms with Gasteiger partial charge in [0.25, 0.3) is 0 Å². The molecule has 5 atom stereocenters. The van der Waals surface area contributed by atoms with Crippen molar-refractivity contribution in [2.75, 3.05) is 20.2 Å². The van der Waals surface area contributed by atoms with Crippen molar-refractivity contribution in [1.82, 2.24) is 20.9 Å². The number of rotatable bonds is 12. The molecule has 0 unspecified atom stereocenters. The van der Waals surface area contributed by atoms with Gasteiger partial charge in [-0.2, -0.15) is 0 Å². The maximum absolute atomic E-state index is 14.0. The van der Waals surface area contributed by atoms with Crippen LogP contribution in [-0.2, 0) is 27.3 Å². The van der Waals surface area contributed by atoms with Crippen LogP contribution in [0.5, 0.6) is 5.75 Å². The number of amides is 3. The first kappa shape index (κ1) is 29.6. The number of ether oxygens (including phenoxy) is 1. The summed E-state index contributed by atoms with van der Waals surface area (Å²) >= 11 is 0. The third kappa shape index (κ3) is 7.40. The van der Waals surface area contributed by atoms with Crippen molar-refractivity contribution in [3.05, 3.63) is 65.7 Å². The van der Waals surface area contributed by atoms with Crippen LogP contribution >= 0.6 is 0 Å². The lowest BCUT2D eigenvalue weighted by Gasteiger charge is -2.32. The fraction of sp³-hybridized carbons (Fsp3) is 0.516. The van der Waals surface area contributed by atoms with Crippen LogP contribution in [0.2, 0.25) is 0 Å². The van der Waals surface area contributed by atoms with Gasteiger partial charge in [-0.3, -0.25) is 14.4 Å². The fourth-order valence-electron chi connectivity index (χ4n) is 5.78. The molecule has 2 aromatic carbocycles. The first-order valence-electron chi connectivity index (χ1n) is 14.4. The zero-order chi connectivity index (χ0) is 28.5. The zero-order valence-electron chi connectivity index (χ0n) is 23.6. The Morgan fingerprint density at radius 2 is 1.75 bits per heavy atom. The summed E-state index contributed by atoms with van der Waals surface area (Å²) < 4.78 is 5.21. The Labute approximate surface area is 237 Å². The molecule has 5 N–H and O–H groups in total. The SMILES string of the molecule is CC[C@H](N)C(=O)N[C@@H]1C(=O)N2[C@@H](CC[C@@H]1CNCc1ccccc1)CC[C@H]2C(=O)NCCc1ccc(OC)cc1. The molecule has 0 aromatic heterocycles. The average Bonchev–Trinajstić information content (AvgIpc) is 3.37. The normalized spacial score (nSPS) is 23.2. The van der Waals surface area contributed by atoms with E-state index in [1.54, 1.807) is 12.0 Å². The van der Waals surface area contributed by atoms with E-state index in [1.807, 2.05) is 49.4 Å². The minimum absolute atomic E-state index is 0.0109. The third-order valence-electron chi connectivity index (χ3n) is 8.19. The third-order valence-corrected chi connectivity index (χ3v) is 8.19. The van der Waals surface area contributed by atoms with Crippen LogP contribution < -0.4 is 26.4 Å². The van der Waals surface area contributed by atoms with Crippen LogP contribution in [0, 0.1) is 5.92 Å². The Kier molecular flexibility index (Phi) is 10.5. The maximum Gasteiger partial charge on any atom is 0.246 e. The quantitative estimate of drug-likeness (QED) is 0.322. The van der Waals surface area contributed by atoms with Crippen molar-refractivity contribution in [1.29, 1.82) is 0 Å². The highest BCUT2D eigenvalue weighted by molar-refractivity contribution is 5.94. The molecular weight excluding hydrogens is 506 g/mol. The van der Waals surface area contributed by atoms with Gasteiger partial charge in [-0.1, -0.05) is 49.4 Å². The molecule has 2 saturated heterocycles. The van der Waals surface area contributed by atoms with Gasteiger partial charge < -0.3 is 31.3 Å². The minimum Gasteiger partial charge on any atom is -0.497 e. The van der Waals surface area contributed by atoms with Crippen molar-refractivity contribution < 1.29 is 19.1 Å². The van der Waals surface area contributed by atoms with Crippen molar-refractivity contribution in [3.63, 3.8) is 0 Å². The lowest BCUT2D eigenvalue weighted by atomic mass is 9.92. The largest absolute Gasteiger partial charge is 0.497 e. The van der Waals surface area contributed by atoms with Gasteiger partial charge in [-0.15, -0.1) is 0 Å². The Morgan fingerprint density at radius 1 is 1.02 bits per heavy atom. The highest BCUT2D eigenvalue weighted by atomic mass is 16.5. The van der Waals surface area contributed by atoms with Gasteiger partial charge in [0.1, 0.15) is 17.8 Å². The Bertz CT molecular complexity index is 1130. The number of benzene rings is 2. The number of hydrogen-bond donors (Lipinski definition) is 4. The number of nitrogens with zero attached hydrogens (tertiary/aromatic N) is 1. The molecule has 2 fully saturated rings. The van der Waals surface area contributed by atoms with E-state index >= 15 is 0 Å². The first-order valence-corrected chi connectivity index (χ1v) is 14.4. The molecule has 4 rings (SSSR count). The molecule has 216 valence electrons. The van der Waals surface area contributed by atoms with Gasteiger partial charge >= 0.3 is 0 Å². The van der Waals surface area contributed by atoms with Gasteiger partial charge in [0, 0.05) is 31.6 Å². The van der Waals surface area contributed by atoms with Crippen LogP contribution in [0.15, 0.2) is 54.6 Å². The van der Waals surface area contributed by atoms with E-state index < -0.39 is 18.1 Å². The summed E-state index contributed by atoms with van der Waals surface area (Å²) in [5.74, 6) is 0.0408. The number of nitrogens with two attached hydrogens (primary N) is 1. The molecule has 2 aliphatic heterocycles. The number of carbonyl (C=O) groups is 3. The van der Waals surface area contributed by atoms with E-state index in [0.29, 0.717) is 38.9 Å². The smallest absolute Gasteiger partial charge is 0.246 e. The Balaban J connectivity index is 1.42. The second-order valence-electron chi connectivity index (χ2n) is 10.8. The first-order chi connectivity index (χ1) is 19.4. The van der Waals surface area contributed by atoms with E-state index in [9.17, 15) is 14.4 Å². The summed E-state index contributed by atoms with van der Waals surface area (Å²) in [6.45, 7) is 3.58. The van der Waals surface area contributed by atoms with Crippen LogP contribution in [0.4, 0.5) is 0 Å². The molecule has 2 aliphatic rings. The molecule has 0 saturated carbocycles. The number of methoxy groups -OCH3 is 1. The van der Waals surface area contributed by atoms with E-state index in [1.165, 1.54) is 0 Å². The van der Waals surface area contributed by atoms with Gasteiger partial charge in [0.2, 0.25) is 17.7 Å². The second kappa shape index (κ2) is 14.3. The van der Waals surface area contributed by atoms with Crippen LogP contribution in [-0.4, -0.2) is 67.0 Å². The molecule has 40 heavy (non-hydrogen) atoms. The number of hydrogen-bond acceptors (Lipinski definition) is 6. The second-order valence-corrected chi connectivity index (χ2v) is 10.8. The van der Waals surface area contributed by atoms with Crippen LogP contribution in [0.1, 0.15) is 50.2 Å². The van der Waals surface area contributed by atoms with Crippen LogP contribution in [0.25, 0.3) is 0 Å². The molecule has 0 radical (unpaired) electrons. The molecule has 0 spiro atoms. The lowest BCUT2D eigenvalue weighted by molar-refractivity contribution is -0.143. The van der Waals surface area contributed by atoms with Gasteiger partial charge in [-0.05, 0) is 61.8 Å².